The van der Waals surface area contributed by atoms with Crippen molar-refractivity contribution in [3.8, 4) is 5.75 Å². The molecular weight excluding hydrogens is 410 g/mol. The zero-order valence-corrected chi connectivity index (χ0v) is 18.3. The number of amides is 2. The molecule has 1 aromatic heterocycles. The van der Waals surface area contributed by atoms with Crippen LogP contribution in [0.1, 0.15) is 39.8 Å². The minimum absolute atomic E-state index is 0.0225. The van der Waals surface area contributed by atoms with Crippen molar-refractivity contribution in [3.63, 3.8) is 0 Å². The van der Waals surface area contributed by atoms with Gasteiger partial charge in [0.1, 0.15) is 5.75 Å². The Morgan fingerprint density at radius 1 is 1.13 bits per heavy atom. The van der Waals surface area contributed by atoms with Crippen LogP contribution in [0.5, 0.6) is 5.75 Å². The highest BCUT2D eigenvalue weighted by Gasteiger charge is 2.25. The maximum atomic E-state index is 12.7. The predicted octanol–water partition coefficient (Wildman–Crippen LogP) is 4.31. The van der Waals surface area contributed by atoms with Gasteiger partial charge in [-0.1, -0.05) is 48.6 Å². The summed E-state index contributed by atoms with van der Waals surface area (Å²) in [5.41, 5.74) is 2.90. The van der Waals surface area contributed by atoms with E-state index in [0.29, 0.717) is 36.8 Å². The van der Waals surface area contributed by atoms with E-state index < -0.39 is 0 Å². The van der Waals surface area contributed by atoms with E-state index in [0.717, 1.165) is 22.7 Å². The summed E-state index contributed by atoms with van der Waals surface area (Å²) in [6.07, 6.45) is 1.92. The number of hydrogen-bond acceptors (Lipinski definition) is 5. The smallest absolute Gasteiger partial charge is 0.254 e. The second-order valence-corrected chi connectivity index (χ2v) is 8.46. The number of hydrogen-bond donors (Lipinski definition) is 1. The quantitative estimate of drug-likeness (QED) is 0.600. The van der Waals surface area contributed by atoms with E-state index in [1.807, 2.05) is 59.5 Å². The number of nitrogens with one attached hydrogen (secondary N) is 1. The van der Waals surface area contributed by atoms with Gasteiger partial charge in [-0.05, 0) is 36.2 Å². The summed E-state index contributed by atoms with van der Waals surface area (Å²) in [6.45, 7) is 3.56. The molecule has 0 radical (unpaired) electrons. The van der Waals surface area contributed by atoms with Crippen LogP contribution in [0.25, 0.3) is 0 Å². The summed E-state index contributed by atoms with van der Waals surface area (Å²) in [6, 6.07) is 17.2. The summed E-state index contributed by atoms with van der Waals surface area (Å²) in [4.78, 5) is 32.4. The Balaban J connectivity index is 1.28. The second-order valence-electron chi connectivity index (χ2n) is 7.38. The van der Waals surface area contributed by atoms with Gasteiger partial charge >= 0.3 is 0 Å². The molecule has 2 heterocycles. The van der Waals surface area contributed by atoms with Crippen LogP contribution in [0.2, 0.25) is 0 Å². The first-order valence-electron chi connectivity index (χ1n) is 10.5. The van der Waals surface area contributed by atoms with E-state index >= 15 is 0 Å². The number of rotatable bonds is 7. The van der Waals surface area contributed by atoms with Crippen molar-refractivity contribution in [2.24, 2.45) is 0 Å². The summed E-state index contributed by atoms with van der Waals surface area (Å²) < 4.78 is 5.66. The van der Waals surface area contributed by atoms with Crippen molar-refractivity contribution in [2.45, 2.75) is 32.7 Å². The number of thiazole rings is 1. The summed E-state index contributed by atoms with van der Waals surface area (Å²) in [7, 11) is 0. The number of nitrogens with zero attached hydrogens (tertiary/aromatic N) is 2. The number of aromatic nitrogens is 1. The van der Waals surface area contributed by atoms with Crippen LogP contribution in [-0.4, -0.2) is 34.8 Å². The molecule has 31 heavy (non-hydrogen) atoms. The Bertz CT molecular complexity index is 1050. The monoisotopic (exact) mass is 435 g/mol. The van der Waals surface area contributed by atoms with Crippen LogP contribution in [0, 0.1) is 0 Å². The van der Waals surface area contributed by atoms with E-state index in [9.17, 15) is 9.59 Å². The maximum absolute atomic E-state index is 12.7. The third-order valence-electron chi connectivity index (χ3n) is 5.21. The number of ether oxygens (including phenoxy) is 1. The van der Waals surface area contributed by atoms with Gasteiger partial charge in [0.05, 0.1) is 25.3 Å². The Morgan fingerprint density at radius 2 is 1.90 bits per heavy atom. The van der Waals surface area contributed by atoms with E-state index in [-0.39, 0.29) is 18.2 Å². The zero-order chi connectivity index (χ0) is 21.6. The van der Waals surface area contributed by atoms with Gasteiger partial charge in [-0.25, -0.2) is 4.98 Å². The van der Waals surface area contributed by atoms with Crippen molar-refractivity contribution >= 4 is 28.3 Å². The minimum Gasteiger partial charge on any atom is -0.493 e. The molecule has 0 fully saturated rings. The average Bonchev–Trinajstić information content (AvgIpc) is 3.21. The highest BCUT2D eigenvalue weighted by Crippen LogP contribution is 2.29. The number of benzene rings is 2. The van der Waals surface area contributed by atoms with Gasteiger partial charge in [-0.15, -0.1) is 0 Å². The van der Waals surface area contributed by atoms with Crippen molar-refractivity contribution in [2.75, 3.05) is 18.5 Å². The third kappa shape index (κ3) is 5.30. The molecule has 4 rings (SSSR count). The lowest BCUT2D eigenvalue weighted by atomic mass is 10.1. The van der Waals surface area contributed by atoms with Crippen molar-refractivity contribution < 1.29 is 14.3 Å². The van der Waals surface area contributed by atoms with Crippen molar-refractivity contribution in [1.82, 2.24) is 9.88 Å². The van der Waals surface area contributed by atoms with Crippen molar-refractivity contribution in [3.05, 3.63) is 76.3 Å². The number of carbonyl (C=O) groups is 2. The van der Waals surface area contributed by atoms with Gasteiger partial charge in [0.25, 0.3) is 5.91 Å². The lowest BCUT2D eigenvalue weighted by Crippen LogP contribution is -2.35. The van der Waals surface area contributed by atoms with Crippen LogP contribution in [0.3, 0.4) is 0 Å². The van der Waals surface area contributed by atoms with Gasteiger partial charge in [0.15, 0.2) is 5.13 Å². The Kier molecular flexibility index (Phi) is 6.62. The number of fused-ring (bicyclic) bond motifs is 1. The summed E-state index contributed by atoms with van der Waals surface area (Å²) in [5, 5.41) is 3.44. The fourth-order valence-corrected chi connectivity index (χ4v) is 4.49. The molecule has 7 heteroatoms. The fourth-order valence-electron chi connectivity index (χ4n) is 3.45. The van der Waals surface area contributed by atoms with Gasteiger partial charge < -0.3 is 15.0 Å². The molecule has 0 saturated heterocycles. The molecule has 0 spiro atoms. The Hall–Kier alpha value is -3.19. The predicted molar refractivity (Wildman–Crippen MR) is 122 cm³/mol. The van der Waals surface area contributed by atoms with Gasteiger partial charge in [0.2, 0.25) is 5.91 Å². The first kappa shape index (κ1) is 21.1. The zero-order valence-electron chi connectivity index (χ0n) is 17.5. The maximum Gasteiger partial charge on any atom is 0.254 e. The topological polar surface area (TPSA) is 71.5 Å². The average molecular weight is 436 g/mol. The molecule has 1 aliphatic heterocycles. The highest BCUT2D eigenvalue weighted by atomic mass is 32.1. The van der Waals surface area contributed by atoms with Gasteiger partial charge in [0, 0.05) is 23.4 Å². The summed E-state index contributed by atoms with van der Waals surface area (Å²) in [5.74, 6) is 0.653. The highest BCUT2D eigenvalue weighted by molar-refractivity contribution is 7.15. The number of aryl methyl sites for hydroxylation is 1. The molecule has 0 aliphatic carbocycles. The van der Waals surface area contributed by atoms with Crippen LogP contribution >= 0.6 is 11.3 Å². The molecule has 0 atom stereocenters. The lowest BCUT2D eigenvalue weighted by molar-refractivity contribution is -0.116. The second kappa shape index (κ2) is 9.75. The molecule has 0 bridgehead atoms. The summed E-state index contributed by atoms with van der Waals surface area (Å²) >= 11 is 1.44. The SMILES string of the molecule is CCc1ccc(OCCC(=O)Nc2nc3c(s2)CN(C(=O)c2ccccc2)CC3)cc1. The van der Waals surface area contributed by atoms with Crippen LogP contribution in [-0.2, 0) is 24.2 Å². The first-order valence-corrected chi connectivity index (χ1v) is 11.3. The van der Waals surface area contributed by atoms with E-state index in [2.05, 4.69) is 17.2 Å². The molecule has 160 valence electrons. The van der Waals surface area contributed by atoms with Crippen LogP contribution < -0.4 is 10.1 Å². The lowest BCUT2D eigenvalue weighted by Gasteiger charge is -2.26. The van der Waals surface area contributed by atoms with Gasteiger partial charge in [-0.2, -0.15) is 0 Å². The number of anilines is 1. The van der Waals surface area contributed by atoms with Gasteiger partial charge in [-0.3, -0.25) is 9.59 Å². The van der Waals surface area contributed by atoms with E-state index in [1.54, 1.807) is 0 Å². The molecule has 2 amide bonds. The largest absolute Gasteiger partial charge is 0.493 e. The normalized spacial score (nSPS) is 12.9. The van der Waals surface area contributed by atoms with Crippen molar-refractivity contribution in [1.29, 1.82) is 0 Å². The first-order chi connectivity index (χ1) is 15.1. The molecule has 2 aromatic carbocycles. The van der Waals surface area contributed by atoms with E-state index in [4.69, 9.17) is 4.74 Å². The minimum atomic E-state index is -0.131. The fraction of sp³-hybridized carbons (Fsp3) is 0.292. The van der Waals surface area contributed by atoms with E-state index in [1.165, 1.54) is 16.9 Å². The Labute approximate surface area is 185 Å². The molecule has 0 unspecified atom stereocenters. The molecule has 3 aromatic rings. The third-order valence-corrected chi connectivity index (χ3v) is 6.21. The van der Waals surface area contributed by atoms with Crippen LogP contribution in [0.15, 0.2) is 54.6 Å². The molecular formula is C24H25N3O3S. The number of carbonyl (C=O) groups excluding carboxylic acids is 2. The molecule has 0 saturated carbocycles. The van der Waals surface area contributed by atoms with Crippen LogP contribution in [0.4, 0.5) is 5.13 Å². The molecule has 1 N–H and O–H groups in total. The molecule has 6 nitrogen and oxygen atoms in total. The molecule has 1 aliphatic rings. The standard InChI is InChI=1S/C24H25N3O3S/c1-2-17-8-10-19(11-9-17)30-15-13-22(28)26-24-25-20-12-14-27(16-21(20)31-24)23(29)18-6-4-3-5-7-18/h3-11H,2,12-16H2,1H3,(H,25,26,28). The Morgan fingerprint density at radius 3 is 2.65 bits per heavy atom.